The number of amides is 1. The van der Waals surface area contributed by atoms with E-state index in [1.807, 2.05) is 17.0 Å². The van der Waals surface area contributed by atoms with Gasteiger partial charge in [-0.1, -0.05) is 30.3 Å². The Kier molecular flexibility index (Phi) is 6.03. The number of piperazine rings is 1. The second-order valence-corrected chi connectivity index (χ2v) is 10.1. The average molecular weight is 455 g/mol. The predicted molar refractivity (Wildman–Crippen MR) is 127 cm³/mol. The molecule has 0 bridgehead atoms. The van der Waals surface area contributed by atoms with Crippen molar-refractivity contribution in [3.63, 3.8) is 0 Å². The van der Waals surface area contributed by atoms with Gasteiger partial charge in [0, 0.05) is 50.1 Å². The highest BCUT2D eigenvalue weighted by atomic mass is 32.2. The predicted octanol–water partition coefficient (Wildman–Crippen LogP) is 2.47. The van der Waals surface area contributed by atoms with E-state index in [4.69, 9.17) is 0 Å². The average Bonchev–Trinajstić information content (AvgIpc) is 3.09. The van der Waals surface area contributed by atoms with Gasteiger partial charge in [-0.05, 0) is 42.2 Å². The molecule has 0 radical (unpaired) electrons. The molecule has 0 saturated carbocycles. The maximum Gasteiger partial charge on any atom is 0.241 e. The van der Waals surface area contributed by atoms with E-state index < -0.39 is 11.1 Å². The van der Waals surface area contributed by atoms with Crippen molar-refractivity contribution in [3.05, 3.63) is 59.2 Å². The van der Waals surface area contributed by atoms with Crippen molar-refractivity contribution in [1.82, 2.24) is 9.80 Å². The zero-order valence-corrected chi connectivity index (χ0v) is 19.2. The van der Waals surface area contributed by atoms with Crippen LogP contribution in [-0.2, 0) is 28.8 Å². The molecule has 2 N–H and O–H groups in total. The van der Waals surface area contributed by atoms with Crippen LogP contribution in [0.1, 0.15) is 29.7 Å². The molecule has 1 fully saturated rings. The first kappa shape index (κ1) is 21.6. The number of hydrogen-bond acceptors (Lipinski definition) is 5. The van der Waals surface area contributed by atoms with Crippen LogP contribution < -0.4 is 10.2 Å². The minimum absolute atomic E-state index is 0.0756. The van der Waals surface area contributed by atoms with Crippen LogP contribution in [0.25, 0.3) is 0 Å². The molecule has 1 saturated heterocycles. The van der Waals surface area contributed by atoms with Crippen molar-refractivity contribution in [2.24, 2.45) is 0 Å². The molecule has 3 atom stereocenters. The van der Waals surface area contributed by atoms with Crippen LogP contribution in [0.3, 0.4) is 0 Å². The smallest absolute Gasteiger partial charge is 0.241 e. The van der Waals surface area contributed by atoms with Crippen molar-refractivity contribution in [2.45, 2.75) is 32.0 Å². The van der Waals surface area contributed by atoms with E-state index in [0.29, 0.717) is 6.54 Å². The number of nitrogens with one attached hydrogen (secondary N) is 1. The summed E-state index contributed by atoms with van der Waals surface area (Å²) in [5.74, 6) is 0.347. The largest absolute Gasteiger partial charge is 0.377 e. The molecule has 5 rings (SSSR count). The van der Waals surface area contributed by atoms with Gasteiger partial charge in [-0.25, -0.2) is 4.21 Å². The van der Waals surface area contributed by atoms with Gasteiger partial charge >= 0.3 is 0 Å². The number of carbonyl (C=O) groups is 1. The van der Waals surface area contributed by atoms with Crippen molar-refractivity contribution in [3.8, 4) is 0 Å². The fourth-order valence-electron chi connectivity index (χ4n) is 5.16. The summed E-state index contributed by atoms with van der Waals surface area (Å²) in [5.41, 5.74) is 5.53. The van der Waals surface area contributed by atoms with Crippen LogP contribution in [0.2, 0.25) is 0 Å². The third-order valence-corrected chi connectivity index (χ3v) is 7.44. The van der Waals surface area contributed by atoms with Gasteiger partial charge in [0.05, 0.1) is 18.3 Å². The van der Waals surface area contributed by atoms with Crippen LogP contribution in [0, 0.1) is 0 Å². The summed E-state index contributed by atoms with van der Waals surface area (Å²) in [4.78, 5) is 19.9. The lowest BCUT2D eigenvalue weighted by Gasteiger charge is -2.36. The Morgan fingerprint density at radius 2 is 1.84 bits per heavy atom. The highest BCUT2D eigenvalue weighted by molar-refractivity contribution is 7.79. The number of fused-ring (bicyclic) bond motifs is 2. The van der Waals surface area contributed by atoms with Crippen LogP contribution in [0.15, 0.2) is 42.5 Å². The molecular formula is C24H30N4O3S. The molecule has 3 aliphatic heterocycles. The van der Waals surface area contributed by atoms with Crippen LogP contribution in [0.5, 0.6) is 0 Å². The fourth-order valence-corrected chi connectivity index (χ4v) is 5.70. The van der Waals surface area contributed by atoms with E-state index in [1.54, 1.807) is 0 Å². The lowest BCUT2D eigenvalue weighted by molar-refractivity contribution is -0.120. The van der Waals surface area contributed by atoms with Gasteiger partial charge in [-0.2, -0.15) is 0 Å². The Morgan fingerprint density at radius 1 is 1.12 bits per heavy atom. The monoisotopic (exact) mass is 454 g/mol. The molecule has 1 amide bonds. The Labute approximate surface area is 191 Å². The van der Waals surface area contributed by atoms with E-state index in [9.17, 15) is 13.6 Å². The Bertz CT molecular complexity index is 1020. The highest BCUT2D eigenvalue weighted by Gasteiger charge is 2.36. The van der Waals surface area contributed by atoms with Crippen molar-refractivity contribution in [2.75, 3.05) is 48.7 Å². The zero-order chi connectivity index (χ0) is 22.2. The summed E-state index contributed by atoms with van der Waals surface area (Å²) >= 11 is -1.83. The van der Waals surface area contributed by atoms with Gasteiger partial charge in [0.2, 0.25) is 5.91 Å². The van der Waals surface area contributed by atoms with Gasteiger partial charge in [-0.15, -0.1) is 0 Å². The molecule has 2 aromatic rings. The molecule has 3 heterocycles. The lowest BCUT2D eigenvalue weighted by Crippen LogP contribution is -2.50. The minimum atomic E-state index is -1.83. The Morgan fingerprint density at radius 3 is 2.56 bits per heavy atom. The van der Waals surface area contributed by atoms with E-state index >= 15 is 0 Å². The molecule has 0 aliphatic carbocycles. The summed E-state index contributed by atoms with van der Waals surface area (Å²) in [6, 6.07) is 14.7. The van der Waals surface area contributed by atoms with E-state index in [-0.39, 0.29) is 23.7 Å². The highest BCUT2D eigenvalue weighted by Crippen LogP contribution is 2.44. The first-order chi connectivity index (χ1) is 15.5. The molecular weight excluding hydrogens is 424 g/mol. The number of anilines is 2. The number of benzene rings is 2. The number of nitrogens with zero attached hydrogens (tertiary/aromatic N) is 3. The molecule has 2 aromatic carbocycles. The summed E-state index contributed by atoms with van der Waals surface area (Å²) < 4.78 is 20.3. The molecule has 0 spiro atoms. The minimum Gasteiger partial charge on any atom is -0.377 e. The standard InChI is InChI=1S/C24H30N4O3S/c1-17-11-19-12-20-21(25-22(20)16-32(30)31)13-23(19)28(17)24(29)15-27-9-7-26(8-10-27)14-18-5-3-2-4-6-18/h2-6,12-13,17,22,25H,7-11,14-16H2,1H3,(H,30,31). The topological polar surface area (TPSA) is 76.1 Å². The first-order valence-corrected chi connectivity index (χ1v) is 12.6. The summed E-state index contributed by atoms with van der Waals surface area (Å²) in [6.45, 7) is 7.25. The third-order valence-electron chi connectivity index (χ3n) is 6.82. The van der Waals surface area contributed by atoms with E-state index in [0.717, 1.165) is 61.6 Å². The number of carbonyl (C=O) groups excluding carboxylic acids is 1. The second-order valence-electron chi connectivity index (χ2n) is 9.11. The fraction of sp³-hybridized carbons (Fsp3) is 0.458. The number of rotatable bonds is 6. The maximum atomic E-state index is 13.3. The summed E-state index contributed by atoms with van der Waals surface area (Å²) in [5, 5.41) is 3.26. The van der Waals surface area contributed by atoms with Gasteiger partial charge < -0.3 is 14.8 Å². The molecule has 0 aromatic heterocycles. The third kappa shape index (κ3) is 4.32. The second kappa shape index (κ2) is 8.94. The van der Waals surface area contributed by atoms with E-state index in [2.05, 4.69) is 52.4 Å². The summed E-state index contributed by atoms with van der Waals surface area (Å²) in [7, 11) is 0. The molecule has 7 nitrogen and oxygen atoms in total. The molecule has 170 valence electrons. The van der Waals surface area contributed by atoms with E-state index in [1.165, 1.54) is 5.56 Å². The SMILES string of the molecule is CC1Cc2cc3c(cc2N1C(=O)CN1CCN(Cc2ccccc2)CC1)NC3CS(=O)O. The Hall–Kier alpha value is -2.26. The number of hydrogen-bond donors (Lipinski definition) is 2. The molecule has 3 aliphatic rings. The molecule has 3 unspecified atom stereocenters. The quantitative estimate of drug-likeness (QED) is 0.653. The first-order valence-electron chi connectivity index (χ1n) is 11.3. The Balaban J connectivity index is 1.19. The van der Waals surface area contributed by atoms with Gasteiger partial charge in [0.15, 0.2) is 11.1 Å². The summed E-state index contributed by atoms with van der Waals surface area (Å²) in [6.07, 6.45) is 0.828. The van der Waals surface area contributed by atoms with Gasteiger partial charge in [0.25, 0.3) is 0 Å². The van der Waals surface area contributed by atoms with Crippen molar-refractivity contribution in [1.29, 1.82) is 0 Å². The van der Waals surface area contributed by atoms with Gasteiger partial charge in [0.1, 0.15) is 0 Å². The zero-order valence-electron chi connectivity index (χ0n) is 18.4. The normalized spacial score (nSPS) is 23.8. The van der Waals surface area contributed by atoms with Crippen LogP contribution in [0.4, 0.5) is 11.4 Å². The molecule has 32 heavy (non-hydrogen) atoms. The lowest BCUT2D eigenvalue weighted by atomic mass is 9.94. The van der Waals surface area contributed by atoms with Crippen LogP contribution in [-0.4, -0.2) is 69.0 Å². The van der Waals surface area contributed by atoms with Crippen LogP contribution >= 0.6 is 0 Å². The van der Waals surface area contributed by atoms with Gasteiger partial charge in [-0.3, -0.25) is 14.6 Å². The van der Waals surface area contributed by atoms with Crippen molar-refractivity contribution >= 4 is 28.4 Å². The molecule has 8 heteroatoms. The van der Waals surface area contributed by atoms with Crippen molar-refractivity contribution < 1.29 is 13.6 Å². The maximum absolute atomic E-state index is 13.3.